The normalized spacial score (nSPS) is 13.9. The summed E-state index contributed by atoms with van der Waals surface area (Å²) in [4.78, 5) is 17.2. The third-order valence-corrected chi connectivity index (χ3v) is 4.07. The van der Waals surface area contributed by atoms with Crippen LogP contribution in [-0.4, -0.2) is 29.7 Å². The van der Waals surface area contributed by atoms with Gasteiger partial charge in [0.1, 0.15) is 16.9 Å². The molecule has 0 aliphatic rings. The molecule has 5 nitrogen and oxygen atoms in total. The molecule has 0 aliphatic heterocycles. The van der Waals surface area contributed by atoms with Crippen molar-refractivity contribution in [2.24, 2.45) is 5.92 Å². The summed E-state index contributed by atoms with van der Waals surface area (Å²) in [6.45, 7) is 9.91. The summed E-state index contributed by atoms with van der Waals surface area (Å²) in [6.07, 6.45) is 2.41. The van der Waals surface area contributed by atoms with Crippen molar-refractivity contribution < 1.29 is 14.3 Å². The molecule has 1 amide bonds. The van der Waals surface area contributed by atoms with Crippen LogP contribution in [0.25, 0.3) is 10.9 Å². The molecule has 0 saturated carbocycles. The molecule has 0 bridgehead atoms. The van der Waals surface area contributed by atoms with Crippen LogP contribution in [-0.2, 0) is 9.53 Å². The highest BCUT2D eigenvalue weighted by Gasteiger charge is 2.34. The number of nitrogens with one attached hydrogen (secondary N) is 1. The second kappa shape index (κ2) is 7.83. The minimum absolute atomic E-state index is 0.0495. The quantitative estimate of drug-likeness (QED) is 0.808. The zero-order valence-corrected chi connectivity index (χ0v) is 15.9. The maximum atomic E-state index is 12.8. The molecule has 1 atom stereocenters. The summed E-state index contributed by atoms with van der Waals surface area (Å²) in [5.41, 5.74) is 0.559. The maximum Gasteiger partial charge on any atom is 0.256 e. The summed E-state index contributed by atoms with van der Waals surface area (Å²) in [5.74, 6) is 0.891. The standard InChI is InChI=1S/C20H28N2O3/c1-13(2)12-20(5,24-6)19(23)22-16-9-10-17(25-14(3)4)18-15(16)8-7-11-21-18/h7-11,13-14H,12H2,1-6H3,(H,22,23)/t20-/m1/s1. The molecular formula is C20H28N2O3. The highest BCUT2D eigenvalue weighted by Crippen LogP contribution is 2.32. The summed E-state index contributed by atoms with van der Waals surface area (Å²) < 4.78 is 11.3. The van der Waals surface area contributed by atoms with Crippen molar-refractivity contribution in [3.05, 3.63) is 30.5 Å². The van der Waals surface area contributed by atoms with Gasteiger partial charge >= 0.3 is 0 Å². The first kappa shape index (κ1) is 19.2. The van der Waals surface area contributed by atoms with Gasteiger partial charge in [-0.3, -0.25) is 9.78 Å². The average molecular weight is 344 g/mol. The lowest BCUT2D eigenvalue weighted by Crippen LogP contribution is -2.43. The Labute approximate surface area is 149 Å². The number of hydrogen-bond acceptors (Lipinski definition) is 4. The van der Waals surface area contributed by atoms with E-state index in [0.29, 0.717) is 23.8 Å². The van der Waals surface area contributed by atoms with E-state index < -0.39 is 5.60 Å². The summed E-state index contributed by atoms with van der Waals surface area (Å²) in [5, 5.41) is 3.85. The highest BCUT2D eigenvalue weighted by atomic mass is 16.5. The fourth-order valence-electron chi connectivity index (χ4n) is 2.91. The van der Waals surface area contributed by atoms with Crippen LogP contribution in [0, 0.1) is 5.92 Å². The van der Waals surface area contributed by atoms with E-state index >= 15 is 0 Å². The van der Waals surface area contributed by atoms with Gasteiger partial charge in [0.05, 0.1) is 11.8 Å². The van der Waals surface area contributed by atoms with Gasteiger partial charge in [-0.05, 0) is 57.4 Å². The Kier molecular flexibility index (Phi) is 6.01. The van der Waals surface area contributed by atoms with Gasteiger partial charge in [-0.15, -0.1) is 0 Å². The number of fused-ring (bicyclic) bond motifs is 1. The summed E-state index contributed by atoms with van der Waals surface area (Å²) in [6, 6.07) is 7.47. The number of hydrogen-bond donors (Lipinski definition) is 1. The first-order valence-electron chi connectivity index (χ1n) is 8.68. The van der Waals surface area contributed by atoms with Crippen molar-refractivity contribution >= 4 is 22.5 Å². The lowest BCUT2D eigenvalue weighted by molar-refractivity contribution is -0.137. The topological polar surface area (TPSA) is 60.5 Å². The van der Waals surface area contributed by atoms with Gasteiger partial charge in [0.25, 0.3) is 5.91 Å². The second-order valence-electron chi connectivity index (χ2n) is 7.16. The van der Waals surface area contributed by atoms with E-state index in [9.17, 15) is 4.79 Å². The van der Waals surface area contributed by atoms with E-state index in [0.717, 1.165) is 10.9 Å². The van der Waals surface area contributed by atoms with E-state index in [1.807, 2.05) is 45.0 Å². The molecule has 0 fully saturated rings. The van der Waals surface area contributed by atoms with Gasteiger partial charge in [-0.1, -0.05) is 13.8 Å². The van der Waals surface area contributed by atoms with Crippen molar-refractivity contribution in [1.82, 2.24) is 4.98 Å². The smallest absolute Gasteiger partial charge is 0.256 e. The first-order valence-corrected chi connectivity index (χ1v) is 8.68. The average Bonchev–Trinajstić information content (AvgIpc) is 2.55. The number of ether oxygens (including phenoxy) is 2. The Morgan fingerprint density at radius 2 is 1.96 bits per heavy atom. The molecule has 25 heavy (non-hydrogen) atoms. The van der Waals surface area contributed by atoms with Crippen molar-refractivity contribution in [3.8, 4) is 5.75 Å². The van der Waals surface area contributed by atoms with E-state index in [4.69, 9.17) is 9.47 Å². The van der Waals surface area contributed by atoms with Crippen molar-refractivity contribution in [2.45, 2.75) is 52.7 Å². The molecule has 0 aliphatic carbocycles. The van der Waals surface area contributed by atoms with Crippen molar-refractivity contribution in [3.63, 3.8) is 0 Å². The Balaban J connectivity index is 2.37. The number of nitrogens with zero attached hydrogens (tertiary/aromatic N) is 1. The molecule has 136 valence electrons. The number of pyridine rings is 1. The Morgan fingerprint density at radius 1 is 1.24 bits per heavy atom. The molecule has 0 radical (unpaired) electrons. The fraction of sp³-hybridized carbons (Fsp3) is 0.500. The van der Waals surface area contributed by atoms with Gasteiger partial charge in [0, 0.05) is 18.7 Å². The van der Waals surface area contributed by atoms with Crippen LogP contribution in [0.3, 0.4) is 0 Å². The molecular weight excluding hydrogens is 316 g/mol. The number of amides is 1. The number of anilines is 1. The largest absolute Gasteiger partial charge is 0.489 e. The maximum absolute atomic E-state index is 12.8. The first-order chi connectivity index (χ1) is 11.8. The van der Waals surface area contributed by atoms with Crippen LogP contribution in [0.1, 0.15) is 41.0 Å². The van der Waals surface area contributed by atoms with Crippen LogP contribution in [0.2, 0.25) is 0 Å². The molecule has 0 spiro atoms. The third kappa shape index (κ3) is 4.48. The zero-order valence-electron chi connectivity index (χ0n) is 15.9. The predicted octanol–water partition coefficient (Wildman–Crippen LogP) is 4.41. The lowest BCUT2D eigenvalue weighted by atomic mass is 9.93. The van der Waals surface area contributed by atoms with Crippen molar-refractivity contribution in [2.75, 3.05) is 12.4 Å². The lowest BCUT2D eigenvalue weighted by Gasteiger charge is -2.28. The number of rotatable bonds is 7. The monoisotopic (exact) mass is 344 g/mol. The number of methoxy groups -OCH3 is 1. The molecule has 5 heteroatoms. The SMILES string of the molecule is CO[C@](C)(CC(C)C)C(=O)Nc1ccc(OC(C)C)c2ncccc12. The number of benzene rings is 1. The van der Waals surface area contributed by atoms with E-state index in [2.05, 4.69) is 24.1 Å². The molecule has 0 saturated heterocycles. The van der Waals surface area contributed by atoms with E-state index in [1.165, 1.54) is 0 Å². The Morgan fingerprint density at radius 3 is 2.56 bits per heavy atom. The molecule has 0 unspecified atom stereocenters. The Bertz CT molecular complexity index is 743. The zero-order chi connectivity index (χ0) is 18.6. The van der Waals surface area contributed by atoms with Gasteiger partial charge < -0.3 is 14.8 Å². The van der Waals surface area contributed by atoms with Crippen LogP contribution in [0.4, 0.5) is 5.69 Å². The molecule has 2 rings (SSSR count). The van der Waals surface area contributed by atoms with Gasteiger partial charge in [-0.2, -0.15) is 0 Å². The molecule has 1 heterocycles. The molecule has 1 aromatic heterocycles. The highest BCUT2D eigenvalue weighted by molar-refractivity contribution is 6.05. The van der Waals surface area contributed by atoms with E-state index in [-0.39, 0.29) is 12.0 Å². The second-order valence-corrected chi connectivity index (χ2v) is 7.16. The van der Waals surface area contributed by atoms with Gasteiger partial charge in [0.2, 0.25) is 0 Å². The van der Waals surface area contributed by atoms with Crippen LogP contribution < -0.4 is 10.1 Å². The number of aromatic nitrogens is 1. The Hall–Kier alpha value is -2.14. The fourth-order valence-corrected chi connectivity index (χ4v) is 2.91. The third-order valence-electron chi connectivity index (χ3n) is 4.07. The van der Waals surface area contributed by atoms with Crippen molar-refractivity contribution in [1.29, 1.82) is 0 Å². The summed E-state index contributed by atoms with van der Waals surface area (Å²) in [7, 11) is 1.57. The molecule has 2 aromatic rings. The number of carbonyl (C=O) groups is 1. The van der Waals surface area contributed by atoms with Crippen LogP contribution >= 0.6 is 0 Å². The molecule has 1 N–H and O–H groups in total. The van der Waals surface area contributed by atoms with Crippen LogP contribution in [0.15, 0.2) is 30.5 Å². The van der Waals surface area contributed by atoms with Gasteiger partial charge in [-0.25, -0.2) is 0 Å². The minimum Gasteiger partial charge on any atom is -0.489 e. The van der Waals surface area contributed by atoms with E-state index in [1.54, 1.807) is 13.3 Å². The minimum atomic E-state index is -0.879. The summed E-state index contributed by atoms with van der Waals surface area (Å²) >= 11 is 0. The number of carbonyl (C=O) groups excluding carboxylic acids is 1. The molecule has 1 aromatic carbocycles. The predicted molar refractivity (Wildman–Crippen MR) is 101 cm³/mol. The van der Waals surface area contributed by atoms with Gasteiger partial charge in [0.15, 0.2) is 0 Å². The van der Waals surface area contributed by atoms with Crippen LogP contribution in [0.5, 0.6) is 5.75 Å².